The molecule has 5 nitrogen and oxygen atoms in total. The molecule has 0 amide bonds. The molecule has 290 valence electrons. The quantitative estimate of drug-likeness (QED) is 0.162. The molecular formula is C57H37N5. The van der Waals surface area contributed by atoms with E-state index in [9.17, 15) is 0 Å². The lowest BCUT2D eigenvalue weighted by Gasteiger charge is -2.17. The van der Waals surface area contributed by atoms with Crippen LogP contribution in [-0.2, 0) is 0 Å². The summed E-state index contributed by atoms with van der Waals surface area (Å²) in [5.41, 5.74) is 14.0. The van der Waals surface area contributed by atoms with Gasteiger partial charge in [0.15, 0.2) is 17.5 Å². The normalized spacial score (nSPS) is 11.5. The fourth-order valence-corrected chi connectivity index (χ4v) is 9.09. The molecule has 3 aromatic heterocycles. The Kier molecular flexibility index (Phi) is 8.42. The molecule has 0 aliphatic carbocycles. The monoisotopic (exact) mass is 791 g/mol. The van der Waals surface area contributed by atoms with Crippen LogP contribution in [0.1, 0.15) is 0 Å². The Morgan fingerprint density at radius 1 is 0.258 bits per heavy atom. The molecule has 0 radical (unpaired) electrons. The molecule has 12 rings (SSSR count). The van der Waals surface area contributed by atoms with E-state index in [0.717, 1.165) is 61.3 Å². The number of hydrogen-bond donors (Lipinski definition) is 0. The van der Waals surface area contributed by atoms with Crippen molar-refractivity contribution in [1.29, 1.82) is 0 Å². The van der Waals surface area contributed by atoms with Crippen molar-refractivity contribution >= 4 is 43.6 Å². The summed E-state index contributed by atoms with van der Waals surface area (Å²) >= 11 is 0. The van der Waals surface area contributed by atoms with Crippen molar-refractivity contribution in [2.45, 2.75) is 0 Å². The number of rotatable bonds is 7. The molecule has 3 heterocycles. The smallest absolute Gasteiger partial charge is 0.164 e. The van der Waals surface area contributed by atoms with Crippen molar-refractivity contribution in [2.24, 2.45) is 0 Å². The van der Waals surface area contributed by atoms with Crippen LogP contribution in [0, 0.1) is 0 Å². The van der Waals surface area contributed by atoms with E-state index in [-0.39, 0.29) is 0 Å². The second-order valence-electron chi connectivity index (χ2n) is 15.6. The second-order valence-corrected chi connectivity index (χ2v) is 15.6. The minimum Gasteiger partial charge on any atom is -0.309 e. The average molecular weight is 792 g/mol. The Balaban J connectivity index is 1.06. The summed E-state index contributed by atoms with van der Waals surface area (Å²) in [4.78, 5) is 15.7. The zero-order chi connectivity index (χ0) is 41.0. The summed E-state index contributed by atoms with van der Waals surface area (Å²) < 4.78 is 4.72. The van der Waals surface area contributed by atoms with Crippen LogP contribution < -0.4 is 0 Å². The Morgan fingerprint density at radius 3 is 1.19 bits per heavy atom. The zero-order valence-electron chi connectivity index (χ0n) is 33.6. The molecule has 0 aliphatic rings. The Bertz CT molecular complexity index is 3520. The number of aromatic nitrogens is 5. The molecule has 5 heteroatoms. The van der Waals surface area contributed by atoms with Crippen LogP contribution in [0.25, 0.3) is 111 Å². The Labute approximate surface area is 358 Å². The van der Waals surface area contributed by atoms with E-state index < -0.39 is 0 Å². The standard InChI is InChI=1S/C57H37N5/c1-3-16-38(17-4-1)39-30-32-40(33-31-39)45-35-34-43(37-54(45)62-52-28-13-9-24-48(52)49-25-10-14-29-53(49)62)57-59-55(41-18-5-2-6-19-41)58-56(60-57)42-20-15-21-44(36-42)61-50-26-11-7-22-46(50)47-23-8-12-27-51(47)61/h1-37H. The van der Waals surface area contributed by atoms with Gasteiger partial charge in [-0.3, -0.25) is 0 Å². The summed E-state index contributed by atoms with van der Waals surface area (Å²) in [7, 11) is 0. The van der Waals surface area contributed by atoms with Gasteiger partial charge in [0, 0.05) is 49.5 Å². The van der Waals surface area contributed by atoms with Gasteiger partial charge >= 0.3 is 0 Å². The van der Waals surface area contributed by atoms with E-state index in [2.05, 4.69) is 215 Å². The molecule has 0 N–H and O–H groups in total. The number of para-hydroxylation sites is 4. The Morgan fingerprint density at radius 2 is 0.645 bits per heavy atom. The summed E-state index contributed by atoms with van der Waals surface area (Å²) in [6.07, 6.45) is 0. The Hall–Kier alpha value is -8.41. The summed E-state index contributed by atoms with van der Waals surface area (Å²) in [5.74, 6) is 1.83. The van der Waals surface area contributed by atoms with E-state index in [1.807, 2.05) is 18.2 Å². The van der Waals surface area contributed by atoms with Gasteiger partial charge in [0.2, 0.25) is 0 Å². The van der Waals surface area contributed by atoms with Crippen LogP contribution in [-0.4, -0.2) is 24.1 Å². The lowest BCUT2D eigenvalue weighted by atomic mass is 9.97. The van der Waals surface area contributed by atoms with Crippen molar-refractivity contribution in [3.05, 3.63) is 224 Å². The van der Waals surface area contributed by atoms with Gasteiger partial charge in [0.1, 0.15) is 0 Å². The fraction of sp³-hybridized carbons (Fsp3) is 0. The molecule has 62 heavy (non-hydrogen) atoms. The average Bonchev–Trinajstić information content (AvgIpc) is 3.87. The topological polar surface area (TPSA) is 48.5 Å². The third-order valence-corrected chi connectivity index (χ3v) is 12.0. The third kappa shape index (κ3) is 5.98. The molecule has 0 atom stereocenters. The zero-order valence-corrected chi connectivity index (χ0v) is 33.6. The van der Waals surface area contributed by atoms with Gasteiger partial charge in [-0.2, -0.15) is 0 Å². The molecule has 0 fully saturated rings. The fourth-order valence-electron chi connectivity index (χ4n) is 9.09. The van der Waals surface area contributed by atoms with Gasteiger partial charge < -0.3 is 9.13 Å². The van der Waals surface area contributed by atoms with E-state index in [1.165, 1.54) is 32.7 Å². The van der Waals surface area contributed by atoms with E-state index in [1.54, 1.807) is 0 Å². The van der Waals surface area contributed by atoms with Crippen LogP contribution in [0.2, 0.25) is 0 Å². The van der Waals surface area contributed by atoms with Crippen LogP contribution >= 0.6 is 0 Å². The summed E-state index contributed by atoms with van der Waals surface area (Å²) in [6, 6.07) is 79.3. The van der Waals surface area contributed by atoms with Crippen molar-refractivity contribution in [3.63, 3.8) is 0 Å². The third-order valence-electron chi connectivity index (χ3n) is 12.0. The van der Waals surface area contributed by atoms with Gasteiger partial charge in [0.25, 0.3) is 0 Å². The van der Waals surface area contributed by atoms with Crippen LogP contribution in [0.3, 0.4) is 0 Å². The molecule has 0 spiro atoms. The number of benzene rings is 9. The van der Waals surface area contributed by atoms with Crippen LogP contribution in [0.5, 0.6) is 0 Å². The van der Waals surface area contributed by atoms with E-state index in [0.29, 0.717) is 17.5 Å². The maximum Gasteiger partial charge on any atom is 0.164 e. The highest BCUT2D eigenvalue weighted by Gasteiger charge is 2.20. The van der Waals surface area contributed by atoms with Crippen molar-refractivity contribution in [2.75, 3.05) is 0 Å². The molecular weight excluding hydrogens is 755 g/mol. The largest absolute Gasteiger partial charge is 0.309 e. The van der Waals surface area contributed by atoms with Crippen LogP contribution in [0.15, 0.2) is 224 Å². The molecule has 12 aromatic rings. The summed E-state index contributed by atoms with van der Waals surface area (Å²) in [5, 5.41) is 4.85. The van der Waals surface area contributed by atoms with Crippen molar-refractivity contribution in [1.82, 2.24) is 24.1 Å². The van der Waals surface area contributed by atoms with Crippen molar-refractivity contribution in [3.8, 4) is 67.8 Å². The van der Waals surface area contributed by atoms with Gasteiger partial charge in [-0.15, -0.1) is 0 Å². The lowest BCUT2D eigenvalue weighted by molar-refractivity contribution is 1.07. The molecule has 9 aromatic carbocycles. The van der Waals surface area contributed by atoms with Gasteiger partial charge in [0.05, 0.1) is 27.8 Å². The number of fused-ring (bicyclic) bond motifs is 6. The first kappa shape index (κ1) is 35.5. The highest BCUT2D eigenvalue weighted by atomic mass is 15.0. The van der Waals surface area contributed by atoms with Gasteiger partial charge in [-0.1, -0.05) is 182 Å². The molecule has 0 aliphatic heterocycles. The minimum absolute atomic E-state index is 0.601. The van der Waals surface area contributed by atoms with Gasteiger partial charge in [-0.05, 0) is 59.2 Å². The minimum atomic E-state index is 0.601. The highest BCUT2D eigenvalue weighted by molar-refractivity contribution is 6.10. The molecule has 0 bridgehead atoms. The van der Waals surface area contributed by atoms with Crippen molar-refractivity contribution < 1.29 is 0 Å². The summed E-state index contributed by atoms with van der Waals surface area (Å²) in [6.45, 7) is 0. The highest BCUT2D eigenvalue weighted by Crippen LogP contribution is 2.39. The first-order valence-electron chi connectivity index (χ1n) is 20.9. The number of nitrogens with zero attached hydrogens (tertiary/aromatic N) is 5. The predicted octanol–water partition coefficient (Wildman–Crippen LogP) is 14.4. The maximum absolute atomic E-state index is 5.30. The predicted molar refractivity (Wildman–Crippen MR) is 256 cm³/mol. The van der Waals surface area contributed by atoms with E-state index >= 15 is 0 Å². The molecule has 0 saturated carbocycles. The second kappa shape index (κ2) is 14.7. The first-order valence-corrected chi connectivity index (χ1v) is 20.9. The SMILES string of the molecule is c1ccc(-c2ccc(-c3ccc(-c4nc(-c5ccccc5)nc(-c5cccc(-n6c7ccccc7c7ccccc76)c5)n4)cc3-n3c4ccccc4c4ccccc43)cc2)cc1. The lowest BCUT2D eigenvalue weighted by Crippen LogP contribution is -2.03. The molecule has 0 unspecified atom stereocenters. The first-order chi connectivity index (χ1) is 30.7. The molecule has 0 saturated heterocycles. The van der Waals surface area contributed by atoms with Crippen LogP contribution in [0.4, 0.5) is 0 Å². The van der Waals surface area contributed by atoms with E-state index in [4.69, 9.17) is 15.0 Å². The maximum atomic E-state index is 5.30. The van der Waals surface area contributed by atoms with Gasteiger partial charge in [-0.25, -0.2) is 15.0 Å². The number of hydrogen-bond acceptors (Lipinski definition) is 3.